The van der Waals surface area contributed by atoms with Crippen LogP contribution in [0.4, 0.5) is 5.69 Å². The van der Waals surface area contributed by atoms with Crippen LogP contribution in [0.5, 0.6) is 11.5 Å². The van der Waals surface area contributed by atoms with Crippen LogP contribution in [0, 0.1) is 10.1 Å². The Morgan fingerprint density at radius 1 is 1.03 bits per heavy atom. The highest BCUT2D eigenvalue weighted by atomic mass is 16.6. The maximum absolute atomic E-state index is 12.4. The molecule has 1 aliphatic heterocycles. The first-order chi connectivity index (χ1) is 17.4. The van der Waals surface area contributed by atoms with Crippen molar-refractivity contribution in [3.63, 3.8) is 0 Å². The number of nitrogens with zero attached hydrogens (tertiary/aromatic N) is 2. The molecule has 1 atom stereocenters. The number of esters is 1. The molecular formula is C28H26N2O6. The molecule has 0 saturated carbocycles. The zero-order valence-electron chi connectivity index (χ0n) is 20.0. The Labute approximate surface area is 209 Å². The molecule has 8 heteroatoms. The normalized spacial score (nSPS) is 14.8. The molecule has 3 aromatic carbocycles. The highest BCUT2D eigenvalue weighted by Crippen LogP contribution is 2.29. The van der Waals surface area contributed by atoms with Crippen molar-refractivity contribution < 1.29 is 23.9 Å². The number of ether oxygens (including phenoxy) is 3. The highest BCUT2D eigenvalue weighted by Gasteiger charge is 2.25. The first-order valence-electron chi connectivity index (χ1n) is 11.7. The number of nitro groups is 1. The predicted octanol–water partition coefficient (Wildman–Crippen LogP) is 5.91. The number of carbonyl (C=O) groups excluding carboxylic acids is 1. The average Bonchev–Trinajstić information content (AvgIpc) is 3.27. The van der Waals surface area contributed by atoms with E-state index < -0.39 is 10.9 Å². The molecule has 1 aliphatic rings. The number of hydrogen-bond donors (Lipinski definition) is 0. The molecule has 0 N–H and O–H groups in total. The molecule has 0 saturated heterocycles. The molecule has 0 fully saturated rings. The summed E-state index contributed by atoms with van der Waals surface area (Å²) in [6.07, 6.45) is 2.49. The fraction of sp³-hybridized carbons (Fsp3) is 0.214. The Bertz CT molecular complexity index is 1300. The van der Waals surface area contributed by atoms with Crippen molar-refractivity contribution in [1.29, 1.82) is 0 Å². The number of aliphatic imine (C=N–C) groups is 1. The lowest BCUT2D eigenvalue weighted by molar-refractivity contribution is -0.384. The van der Waals surface area contributed by atoms with Gasteiger partial charge in [-0.25, -0.2) is 9.79 Å². The Hall–Kier alpha value is -4.46. The van der Waals surface area contributed by atoms with E-state index in [9.17, 15) is 14.9 Å². The molecule has 0 aromatic heterocycles. The number of non-ortho nitro benzene ring substituents is 1. The van der Waals surface area contributed by atoms with Gasteiger partial charge < -0.3 is 14.2 Å². The van der Waals surface area contributed by atoms with Crippen molar-refractivity contribution >= 4 is 23.6 Å². The predicted molar refractivity (Wildman–Crippen MR) is 136 cm³/mol. The van der Waals surface area contributed by atoms with Crippen molar-refractivity contribution in [2.45, 2.75) is 26.2 Å². The lowest BCUT2D eigenvalue weighted by Gasteiger charge is -2.12. The number of nitro benzene ring substituents is 1. The van der Waals surface area contributed by atoms with Gasteiger partial charge in [-0.1, -0.05) is 44.2 Å². The topological polar surface area (TPSA) is 100 Å². The maximum atomic E-state index is 12.4. The van der Waals surface area contributed by atoms with Crippen LogP contribution in [0.2, 0.25) is 0 Å². The molecule has 36 heavy (non-hydrogen) atoms. The number of rotatable bonds is 10. The molecule has 184 valence electrons. The number of cyclic esters (lactones) is 1. The quantitative estimate of drug-likeness (QED) is 0.116. The van der Waals surface area contributed by atoms with E-state index in [1.54, 1.807) is 12.1 Å². The molecule has 1 heterocycles. The zero-order valence-corrected chi connectivity index (χ0v) is 20.0. The van der Waals surface area contributed by atoms with Crippen molar-refractivity contribution in [2.24, 2.45) is 4.99 Å². The van der Waals surface area contributed by atoms with Crippen LogP contribution in [-0.4, -0.2) is 30.0 Å². The lowest BCUT2D eigenvalue weighted by atomic mass is 9.99. The average molecular weight is 487 g/mol. The van der Waals surface area contributed by atoms with E-state index in [1.807, 2.05) is 30.3 Å². The number of benzene rings is 3. The Kier molecular flexibility index (Phi) is 7.75. The van der Waals surface area contributed by atoms with Gasteiger partial charge in [-0.05, 0) is 54.3 Å². The van der Waals surface area contributed by atoms with Crippen LogP contribution in [0.15, 0.2) is 83.5 Å². The van der Waals surface area contributed by atoms with E-state index in [0.717, 1.165) is 12.2 Å². The van der Waals surface area contributed by atoms with Crippen LogP contribution in [0.25, 0.3) is 6.08 Å². The summed E-state index contributed by atoms with van der Waals surface area (Å²) in [5.41, 5.74) is 2.14. The molecule has 0 spiro atoms. The Morgan fingerprint density at radius 3 is 2.44 bits per heavy atom. The molecule has 0 bridgehead atoms. The van der Waals surface area contributed by atoms with E-state index >= 15 is 0 Å². The van der Waals surface area contributed by atoms with Gasteiger partial charge in [0.25, 0.3) is 5.69 Å². The van der Waals surface area contributed by atoms with Gasteiger partial charge in [-0.15, -0.1) is 0 Å². The van der Waals surface area contributed by atoms with E-state index in [0.29, 0.717) is 22.8 Å². The van der Waals surface area contributed by atoms with Crippen molar-refractivity contribution in [2.75, 3.05) is 13.2 Å². The summed E-state index contributed by atoms with van der Waals surface area (Å²) >= 11 is 0. The second-order valence-electron chi connectivity index (χ2n) is 8.26. The minimum absolute atomic E-state index is 0.0249. The number of carbonyl (C=O) groups is 1. The molecule has 0 radical (unpaired) electrons. The van der Waals surface area contributed by atoms with Gasteiger partial charge in [0.15, 0.2) is 5.70 Å². The van der Waals surface area contributed by atoms with Gasteiger partial charge in [0.05, 0.1) is 4.92 Å². The fourth-order valence-corrected chi connectivity index (χ4v) is 3.59. The summed E-state index contributed by atoms with van der Waals surface area (Å²) in [7, 11) is 0. The SMILES string of the molecule is CC[C@H](C)c1ccc(OCCOc2ccc([N+](=O)[O-])cc2/C=C2/N=C(c3ccccc3)OC2=O)cc1. The summed E-state index contributed by atoms with van der Waals surface area (Å²) < 4.78 is 16.9. The summed E-state index contributed by atoms with van der Waals surface area (Å²) in [4.78, 5) is 27.5. The van der Waals surface area contributed by atoms with Crippen LogP contribution >= 0.6 is 0 Å². The van der Waals surface area contributed by atoms with Crippen molar-refractivity contribution in [3.8, 4) is 11.5 Å². The van der Waals surface area contributed by atoms with Crippen molar-refractivity contribution in [3.05, 3.63) is 105 Å². The van der Waals surface area contributed by atoms with Gasteiger partial charge in [0.1, 0.15) is 24.7 Å². The third-order valence-electron chi connectivity index (χ3n) is 5.81. The van der Waals surface area contributed by atoms with Crippen LogP contribution in [-0.2, 0) is 9.53 Å². The third kappa shape index (κ3) is 5.96. The van der Waals surface area contributed by atoms with E-state index in [1.165, 1.54) is 29.8 Å². The van der Waals surface area contributed by atoms with Gasteiger partial charge in [0.2, 0.25) is 5.90 Å². The minimum atomic E-state index is -0.643. The lowest BCUT2D eigenvalue weighted by Crippen LogP contribution is -2.10. The maximum Gasteiger partial charge on any atom is 0.363 e. The smallest absolute Gasteiger partial charge is 0.363 e. The fourth-order valence-electron chi connectivity index (χ4n) is 3.59. The van der Waals surface area contributed by atoms with Crippen LogP contribution in [0.1, 0.15) is 42.9 Å². The molecule has 0 unspecified atom stereocenters. The summed E-state index contributed by atoms with van der Waals surface area (Å²) in [5, 5.41) is 11.3. The van der Waals surface area contributed by atoms with Gasteiger partial charge in [-0.3, -0.25) is 10.1 Å². The standard InChI is InChI=1S/C28H26N2O6/c1-3-19(2)20-9-12-24(13-10-20)34-15-16-35-26-14-11-23(30(32)33)17-22(26)18-25-28(31)36-27(29-25)21-7-5-4-6-8-21/h4-14,17-19H,3,15-16H2,1-2H3/b25-18+/t19-/m0/s1. The summed E-state index contributed by atoms with van der Waals surface area (Å²) in [6, 6.07) is 21.1. The molecule has 0 amide bonds. The monoisotopic (exact) mass is 486 g/mol. The Balaban J connectivity index is 1.47. The molecule has 8 nitrogen and oxygen atoms in total. The van der Waals surface area contributed by atoms with Crippen molar-refractivity contribution in [1.82, 2.24) is 0 Å². The summed E-state index contributed by atoms with van der Waals surface area (Å²) in [6.45, 7) is 4.80. The molecule has 3 aromatic rings. The molecular weight excluding hydrogens is 460 g/mol. The van der Waals surface area contributed by atoms with Crippen LogP contribution in [0.3, 0.4) is 0 Å². The van der Waals surface area contributed by atoms with Gasteiger partial charge in [0, 0.05) is 23.3 Å². The zero-order chi connectivity index (χ0) is 25.5. The largest absolute Gasteiger partial charge is 0.490 e. The first-order valence-corrected chi connectivity index (χ1v) is 11.7. The summed E-state index contributed by atoms with van der Waals surface area (Å²) in [5.74, 6) is 1.11. The van der Waals surface area contributed by atoms with Gasteiger partial charge >= 0.3 is 5.97 Å². The number of hydrogen-bond acceptors (Lipinski definition) is 7. The van der Waals surface area contributed by atoms with Gasteiger partial charge in [-0.2, -0.15) is 0 Å². The van der Waals surface area contributed by atoms with E-state index in [-0.39, 0.29) is 30.5 Å². The second-order valence-corrected chi connectivity index (χ2v) is 8.26. The second kappa shape index (κ2) is 11.3. The molecule has 4 rings (SSSR count). The van der Waals surface area contributed by atoms with E-state index in [4.69, 9.17) is 14.2 Å². The van der Waals surface area contributed by atoms with Crippen LogP contribution < -0.4 is 9.47 Å². The third-order valence-corrected chi connectivity index (χ3v) is 5.81. The van der Waals surface area contributed by atoms with E-state index in [2.05, 4.69) is 31.0 Å². The Morgan fingerprint density at radius 2 is 1.75 bits per heavy atom. The molecule has 0 aliphatic carbocycles. The first kappa shape index (κ1) is 24.7. The highest BCUT2D eigenvalue weighted by molar-refractivity contribution is 6.12. The minimum Gasteiger partial charge on any atom is -0.490 e.